The number of phenols is 1. The van der Waals surface area contributed by atoms with Crippen LogP contribution in [0.4, 0.5) is 0 Å². The van der Waals surface area contributed by atoms with Gasteiger partial charge in [0.15, 0.2) is 0 Å². The van der Waals surface area contributed by atoms with Crippen LogP contribution in [-0.2, 0) is 12.8 Å². The Kier molecular flexibility index (Phi) is 7.46. The smallest absolute Gasteiger partial charge is 0.146 e. The van der Waals surface area contributed by atoms with E-state index in [9.17, 15) is 5.11 Å². The molecule has 2 aromatic carbocycles. The zero-order valence-electron chi connectivity index (χ0n) is 17.3. The lowest BCUT2D eigenvalue weighted by atomic mass is 9.99. The fraction of sp³-hybridized carbons (Fsp3) is 0.500. The van der Waals surface area contributed by atoms with E-state index in [0.29, 0.717) is 11.4 Å². The van der Waals surface area contributed by atoms with Crippen molar-refractivity contribution in [1.82, 2.24) is 15.0 Å². The average molecular weight is 380 g/mol. The van der Waals surface area contributed by atoms with Crippen molar-refractivity contribution in [2.24, 2.45) is 0 Å². The quantitative estimate of drug-likeness (QED) is 0.394. The molecule has 0 fully saturated rings. The summed E-state index contributed by atoms with van der Waals surface area (Å²) in [5.41, 5.74) is 4.65. The Labute approximate surface area is 168 Å². The second-order valence-corrected chi connectivity index (χ2v) is 7.72. The normalized spacial score (nSPS) is 11.4. The van der Waals surface area contributed by atoms with Crippen LogP contribution in [0.25, 0.3) is 16.7 Å². The minimum atomic E-state index is 0.325. The van der Waals surface area contributed by atoms with Crippen molar-refractivity contribution < 1.29 is 5.11 Å². The Morgan fingerprint density at radius 2 is 1.43 bits per heavy atom. The van der Waals surface area contributed by atoms with Gasteiger partial charge in [0.2, 0.25) is 0 Å². The van der Waals surface area contributed by atoms with Gasteiger partial charge in [0, 0.05) is 0 Å². The van der Waals surface area contributed by atoms with Gasteiger partial charge in [0.05, 0.1) is 0 Å². The van der Waals surface area contributed by atoms with E-state index in [1.54, 1.807) is 4.80 Å². The van der Waals surface area contributed by atoms with Crippen molar-refractivity contribution in [3.8, 4) is 11.4 Å². The molecule has 4 nitrogen and oxygen atoms in total. The lowest BCUT2D eigenvalue weighted by molar-refractivity contribution is 0.458. The predicted molar refractivity (Wildman–Crippen MR) is 116 cm³/mol. The Bertz CT molecular complexity index is 852. The number of aromatic hydroxyl groups is 1. The van der Waals surface area contributed by atoms with Crippen molar-refractivity contribution in [1.29, 1.82) is 0 Å². The van der Waals surface area contributed by atoms with Gasteiger partial charge >= 0.3 is 0 Å². The molecular formula is C24H33N3O. The van der Waals surface area contributed by atoms with Crippen LogP contribution in [0.15, 0.2) is 36.4 Å². The molecular weight excluding hydrogens is 346 g/mol. The van der Waals surface area contributed by atoms with Gasteiger partial charge in [-0.25, -0.2) is 0 Å². The van der Waals surface area contributed by atoms with Crippen LogP contribution in [0, 0.1) is 0 Å². The molecule has 0 unspecified atom stereocenters. The third kappa shape index (κ3) is 5.12. The molecule has 28 heavy (non-hydrogen) atoms. The minimum absolute atomic E-state index is 0.325. The molecule has 150 valence electrons. The van der Waals surface area contributed by atoms with E-state index in [1.165, 1.54) is 44.1 Å². The molecule has 0 saturated carbocycles. The number of aryl methyl sites for hydroxylation is 2. The minimum Gasteiger partial charge on any atom is -0.505 e. The molecule has 1 heterocycles. The van der Waals surface area contributed by atoms with Gasteiger partial charge in [-0.15, -0.1) is 15.0 Å². The summed E-state index contributed by atoms with van der Waals surface area (Å²) < 4.78 is 0. The van der Waals surface area contributed by atoms with E-state index in [1.807, 2.05) is 30.3 Å². The Balaban J connectivity index is 1.76. The molecule has 0 aliphatic heterocycles. The van der Waals surface area contributed by atoms with Gasteiger partial charge in [-0.3, -0.25) is 0 Å². The third-order valence-electron chi connectivity index (χ3n) is 5.32. The first-order chi connectivity index (χ1) is 13.7. The summed E-state index contributed by atoms with van der Waals surface area (Å²) in [4.78, 5) is 1.59. The topological polar surface area (TPSA) is 50.9 Å². The first kappa shape index (κ1) is 20.4. The molecule has 1 N–H and O–H groups in total. The van der Waals surface area contributed by atoms with Crippen LogP contribution in [0.3, 0.4) is 0 Å². The molecule has 0 spiro atoms. The highest BCUT2D eigenvalue weighted by molar-refractivity contribution is 5.73. The van der Waals surface area contributed by atoms with Crippen LogP contribution in [0.2, 0.25) is 0 Å². The monoisotopic (exact) mass is 379 g/mol. The van der Waals surface area contributed by atoms with Crippen LogP contribution in [-0.4, -0.2) is 20.1 Å². The molecule has 0 aliphatic carbocycles. The molecule has 0 atom stereocenters. The highest BCUT2D eigenvalue weighted by Gasteiger charge is 2.14. The predicted octanol–water partition coefficient (Wildman–Crippen LogP) is 6.37. The van der Waals surface area contributed by atoms with E-state index < -0.39 is 0 Å². The van der Waals surface area contributed by atoms with Crippen molar-refractivity contribution in [3.63, 3.8) is 0 Å². The Morgan fingerprint density at radius 3 is 2.07 bits per heavy atom. The molecule has 0 saturated heterocycles. The molecule has 3 aromatic rings. The van der Waals surface area contributed by atoms with Crippen LogP contribution >= 0.6 is 0 Å². The molecule has 0 aliphatic rings. The van der Waals surface area contributed by atoms with Crippen molar-refractivity contribution in [3.05, 3.63) is 47.5 Å². The fourth-order valence-electron chi connectivity index (χ4n) is 3.76. The second-order valence-electron chi connectivity index (χ2n) is 7.72. The second kappa shape index (κ2) is 10.3. The summed E-state index contributed by atoms with van der Waals surface area (Å²) in [6, 6.07) is 12.0. The summed E-state index contributed by atoms with van der Waals surface area (Å²) in [6.07, 6.45) is 11.9. The standard InChI is InChI=1S/C24H33N3O/c1-3-5-6-7-8-9-10-14-20-17-19(13-4-2)18-23(24(20)28)27-25-21-15-11-12-16-22(21)26-27/h11-12,15-18,28H,3-10,13-14H2,1-2H3. The maximum absolute atomic E-state index is 10.9. The van der Waals surface area contributed by atoms with Gasteiger partial charge < -0.3 is 5.11 Å². The largest absolute Gasteiger partial charge is 0.505 e. The third-order valence-corrected chi connectivity index (χ3v) is 5.32. The summed E-state index contributed by atoms with van der Waals surface area (Å²) in [5.74, 6) is 0.325. The van der Waals surface area contributed by atoms with E-state index in [-0.39, 0.29) is 0 Å². The lowest BCUT2D eigenvalue weighted by Crippen LogP contribution is -2.03. The van der Waals surface area contributed by atoms with Crippen molar-refractivity contribution in [2.75, 3.05) is 0 Å². The molecule has 1 aromatic heterocycles. The first-order valence-electron chi connectivity index (χ1n) is 10.9. The summed E-state index contributed by atoms with van der Waals surface area (Å²) in [6.45, 7) is 4.43. The van der Waals surface area contributed by atoms with Crippen LogP contribution in [0.1, 0.15) is 76.3 Å². The summed E-state index contributed by atoms with van der Waals surface area (Å²) in [5, 5.41) is 20.1. The number of fused-ring (bicyclic) bond motifs is 1. The summed E-state index contributed by atoms with van der Waals surface area (Å²) >= 11 is 0. The number of hydrogen-bond acceptors (Lipinski definition) is 3. The fourth-order valence-corrected chi connectivity index (χ4v) is 3.76. The van der Waals surface area contributed by atoms with Crippen LogP contribution in [0.5, 0.6) is 5.75 Å². The molecule has 0 bridgehead atoms. The van der Waals surface area contributed by atoms with E-state index >= 15 is 0 Å². The van der Waals surface area contributed by atoms with Gasteiger partial charge in [-0.2, -0.15) is 0 Å². The highest BCUT2D eigenvalue weighted by Crippen LogP contribution is 2.30. The molecule has 0 radical (unpaired) electrons. The maximum Gasteiger partial charge on any atom is 0.146 e. The Morgan fingerprint density at radius 1 is 0.786 bits per heavy atom. The number of phenolic OH excluding ortho intramolecular Hbond substituents is 1. The number of hydrogen-bond donors (Lipinski definition) is 1. The maximum atomic E-state index is 10.9. The number of benzene rings is 2. The molecule has 3 rings (SSSR count). The van der Waals surface area contributed by atoms with Crippen molar-refractivity contribution in [2.45, 2.75) is 78.1 Å². The Hall–Kier alpha value is -2.36. The zero-order chi connectivity index (χ0) is 19.8. The number of rotatable bonds is 11. The van der Waals surface area contributed by atoms with Gasteiger partial charge in [0.1, 0.15) is 22.5 Å². The molecule has 4 heteroatoms. The van der Waals surface area contributed by atoms with Gasteiger partial charge in [-0.1, -0.05) is 77.0 Å². The van der Waals surface area contributed by atoms with E-state index in [0.717, 1.165) is 42.3 Å². The highest BCUT2D eigenvalue weighted by atomic mass is 16.3. The van der Waals surface area contributed by atoms with Crippen molar-refractivity contribution >= 4 is 11.0 Å². The number of nitrogens with zero attached hydrogens (tertiary/aromatic N) is 3. The summed E-state index contributed by atoms with van der Waals surface area (Å²) in [7, 11) is 0. The van der Waals surface area contributed by atoms with E-state index in [4.69, 9.17) is 0 Å². The molecule has 0 amide bonds. The van der Waals surface area contributed by atoms with Crippen LogP contribution < -0.4 is 0 Å². The SMILES string of the molecule is CCCCCCCCCc1cc(CCC)cc(-n2nc3ccccc3n2)c1O. The lowest BCUT2D eigenvalue weighted by Gasteiger charge is -2.12. The first-order valence-corrected chi connectivity index (χ1v) is 10.9. The van der Waals surface area contributed by atoms with Gasteiger partial charge in [0.25, 0.3) is 0 Å². The van der Waals surface area contributed by atoms with E-state index in [2.05, 4.69) is 30.1 Å². The number of unbranched alkanes of at least 4 members (excludes halogenated alkanes) is 6. The average Bonchev–Trinajstić information content (AvgIpc) is 3.13. The zero-order valence-corrected chi connectivity index (χ0v) is 17.3. The number of aromatic nitrogens is 3. The van der Waals surface area contributed by atoms with Gasteiger partial charge in [-0.05, 0) is 48.6 Å².